The van der Waals surface area contributed by atoms with Crippen molar-refractivity contribution < 1.29 is 9.18 Å². The summed E-state index contributed by atoms with van der Waals surface area (Å²) in [6.45, 7) is 3.60. The summed E-state index contributed by atoms with van der Waals surface area (Å²) in [7, 11) is 0. The van der Waals surface area contributed by atoms with Crippen molar-refractivity contribution in [1.82, 2.24) is 10.2 Å². The maximum Gasteiger partial charge on any atom is 0.209 e. The zero-order chi connectivity index (χ0) is 13.3. The molecule has 1 amide bonds. The molecule has 0 radical (unpaired) electrons. The lowest BCUT2D eigenvalue weighted by Gasteiger charge is -2.38. The van der Waals surface area contributed by atoms with Gasteiger partial charge in [-0.15, -0.1) is 0 Å². The van der Waals surface area contributed by atoms with E-state index in [0.29, 0.717) is 5.92 Å². The van der Waals surface area contributed by atoms with E-state index in [9.17, 15) is 9.18 Å². The minimum Gasteiger partial charge on any atom is -0.344 e. The first-order chi connectivity index (χ1) is 9.23. The zero-order valence-corrected chi connectivity index (χ0v) is 10.9. The monoisotopic (exact) mass is 262 g/mol. The van der Waals surface area contributed by atoms with E-state index in [1.807, 2.05) is 17.0 Å². The summed E-state index contributed by atoms with van der Waals surface area (Å²) in [5, 5.41) is 3.38. The highest BCUT2D eigenvalue weighted by Crippen LogP contribution is 2.48. The highest BCUT2D eigenvalue weighted by molar-refractivity contribution is 5.49. The summed E-state index contributed by atoms with van der Waals surface area (Å²) in [6.07, 6.45) is 3.12. The predicted octanol–water partition coefficient (Wildman–Crippen LogP) is 1.75. The third kappa shape index (κ3) is 2.25. The third-order valence-electron chi connectivity index (χ3n) is 4.70. The molecule has 0 aliphatic carbocycles. The summed E-state index contributed by atoms with van der Waals surface area (Å²) in [5.41, 5.74) is 1.33. The van der Waals surface area contributed by atoms with Gasteiger partial charge < -0.3 is 10.2 Å². The molecule has 19 heavy (non-hydrogen) atoms. The van der Waals surface area contributed by atoms with Crippen molar-refractivity contribution in [2.24, 2.45) is 5.41 Å². The van der Waals surface area contributed by atoms with Crippen LogP contribution in [0.15, 0.2) is 24.3 Å². The Bertz CT molecular complexity index is 454. The highest BCUT2D eigenvalue weighted by atomic mass is 19.1. The van der Waals surface area contributed by atoms with Crippen molar-refractivity contribution in [2.75, 3.05) is 26.2 Å². The molecule has 0 bridgehead atoms. The largest absolute Gasteiger partial charge is 0.344 e. The number of likely N-dealkylation sites (tertiary alicyclic amines) is 1. The van der Waals surface area contributed by atoms with Crippen molar-refractivity contribution in [1.29, 1.82) is 0 Å². The molecule has 1 spiro atoms. The van der Waals surface area contributed by atoms with Crippen LogP contribution in [-0.4, -0.2) is 37.5 Å². The van der Waals surface area contributed by atoms with Crippen LogP contribution >= 0.6 is 0 Å². The van der Waals surface area contributed by atoms with Crippen LogP contribution < -0.4 is 5.32 Å². The second kappa shape index (κ2) is 4.93. The normalized spacial score (nSPS) is 25.7. The minimum absolute atomic E-state index is 0.171. The van der Waals surface area contributed by atoms with Gasteiger partial charge in [-0.2, -0.15) is 0 Å². The van der Waals surface area contributed by atoms with Crippen molar-refractivity contribution >= 4 is 6.41 Å². The van der Waals surface area contributed by atoms with Crippen LogP contribution in [0.4, 0.5) is 4.39 Å². The fourth-order valence-corrected chi connectivity index (χ4v) is 3.67. The fourth-order valence-electron chi connectivity index (χ4n) is 3.67. The smallest absolute Gasteiger partial charge is 0.209 e. The van der Waals surface area contributed by atoms with Gasteiger partial charge in [0, 0.05) is 19.0 Å². The number of nitrogens with zero attached hydrogens (tertiary/aromatic N) is 1. The minimum atomic E-state index is -0.201. The average molecular weight is 262 g/mol. The van der Waals surface area contributed by atoms with E-state index in [4.69, 9.17) is 0 Å². The Kier molecular flexibility index (Phi) is 3.27. The maximum atomic E-state index is 13.1. The summed E-state index contributed by atoms with van der Waals surface area (Å²) in [4.78, 5) is 13.0. The Hall–Kier alpha value is -1.42. The van der Waals surface area contributed by atoms with Crippen molar-refractivity contribution in [3.8, 4) is 0 Å². The van der Waals surface area contributed by atoms with Crippen LogP contribution in [0.5, 0.6) is 0 Å². The Morgan fingerprint density at radius 2 is 1.95 bits per heavy atom. The number of halogens is 1. The van der Waals surface area contributed by atoms with Gasteiger partial charge in [0.25, 0.3) is 0 Å². The molecule has 3 rings (SSSR count). The number of hydrogen-bond acceptors (Lipinski definition) is 2. The average Bonchev–Trinajstić information content (AvgIpc) is 2.79. The molecule has 3 nitrogen and oxygen atoms in total. The number of benzene rings is 1. The molecule has 2 fully saturated rings. The SMILES string of the molecule is O=CN1CC(c2ccc(F)cc2)C2(CCNCC2)C1. The highest BCUT2D eigenvalue weighted by Gasteiger charge is 2.47. The number of nitrogens with one attached hydrogen (secondary N) is 1. The molecule has 102 valence electrons. The van der Waals surface area contributed by atoms with E-state index in [1.165, 1.54) is 12.1 Å². The lowest BCUT2D eigenvalue weighted by Crippen LogP contribution is -2.41. The van der Waals surface area contributed by atoms with Gasteiger partial charge >= 0.3 is 0 Å². The topological polar surface area (TPSA) is 32.3 Å². The van der Waals surface area contributed by atoms with Crippen LogP contribution in [0.1, 0.15) is 24.3 Å². The van der Waals surface area contributed by atoms with E-state index >= 15 is 0 Å². The number of piperidine rings is 1. The van der Waals surface area contributed by atoms with Gasteiger partial charge in [-0.25, -0.2) is 4.39 Å². The Balaban J connectivity index is 1.92. The first-order valence-electron chi connectivity index (χ1n) is 6.89. The molecule has 0 aromatic heterocycles. The molecule has 2 heterocycles. The first kappa shape index (κ1) is 12.6. The standard InChI is InChI=1S/C15H19FN2O/c16-13-3-1-12(2-4-13)14-9-18(11-19)10-15(14)5-7-17-8-6-15/h1-4,11,14,17H,5-10H2. The van der Waals surface area contributed by atoms with Gasteiger partial charge in [0.05, 0.1) is 0 Å². The maximum absolute atomic E-state index is 13.1. The lowest BCUT2D eigenvalue weighted by molar-refractivity contribution is -0.117. The van der Waals surface area contributed by atoms with Gasteiger partial charge in [0.2, 0.25) is 6.41 Å². The van der Waals surface area contributed by atoms with Gasteiger partial charge in [-0.05, 0) is 49.0 Å². The molecule has 1 N–H and O–H groups in total. The number of carbonyl (C=O) groups is 1. The molecule has 1 unspecified atom stereocenters. The van der Waals surface area contributed by atoms with Crippen LogP contribution in [0, 0.1) is 11.2 Å². The first-order valence-corrected chi connectivity index (χ1v) is 6.89. The van der Waals surface area contributed by atoms with E-state index in [2.05, 4.69) is 5.32 Å². The quantitative estimate of drug-likeness (QED) is 0.824. The Morgan fingerprint density at radius 1 is 1.26 bits per heavy atom. The molecule has 2 aliphatic rings. The number of amides is 1. The third-order valence-corrected chi connectivity index (χ3v) is 4.70. The van der Waals surface area contributed by atoms with Crippen LogP contribution in [0.25, 0.3) is 0 Å². The van der Waals surface area contributed by atoms with Gasteiger partial charge in [0.1, 0.15) is 5.82 Å². The zero-order valence-electron chi connectivity index (χ0n) is 10.9. The van der Waals surface area contributed by atoms with E-state index in [1.54, 1.807) is 0 Å². The number of hydrogen-bond donors (Lipinski definition) is 1. The van der Waals surface area contributed by atoms with Crippen LogP contribution in [0.3, 0.4) is 0 Å². The molecule has 4 heteroatoms. The molecule has 1 aromatic rings. The van der Waals surface area contributed by atoms with Crippen molar-refractivity contribution in [2.45, 2.75) is 18.8 Å². The summed E-state index contributed by atoms with van der Waals surface area (Å²) < 4.78 is 13.1. The lowest BCUT2D eigenvalue weighted by atomic mass is 9.69. The molecule has 2 aliphatic heterocycles. The molecule has 1 atom stereocenters. The fraction of sp³-hybridized carbons (Fsp3) is 0.533. The Morgan fingerprint density at radius 3 is 2.58 bits per heavy atom. The second-order valence-electron chi connectivity index (χ2n) is 5.75. The summed E-state index contributed by atoms with van der Waals surface area (Å²) in [6, 6.07) is 6.79. The van der Waals surface area contributed by atoms with E-state index < -0.39 is 0 Å². The molecular formula is C15H19FN2O. The second-order valence-corrected chi connectivity index (χ2v) is 5.75. The van der Waals surface area contributed by atoms with Crippen LogP contribution in [0.2, 0.25) is 0 Å². The molecule has 1 aromatic carbocycles. The predicted molar refractivity (Wildman–Crippen MR) is 71.3 cm³/mol. The Labute approximate surface area is 112 Å². The van der Waals surface area contributed by atoms with Crippen LogP contribution in [-0.2, 0) is 4.79 Å². The summed E-state index contributed by atoms with van der Waals surface area (Å²) in [5.74, 6) is 0.133. The van der Waals surface area contributed by atoms with Crippen molar-refractivity contribution in [3.63, 3.8) is 0 Å². The van der Waals surface area contributed by atoms with Gasteiger partial charge in [0.15, 0.2) is 0 Å². The van der Waals surface area contributed by atoms with Crippen molar-refractivity contribution in [3.05, 3.63) is 35.6 Å². The molecular weight excluding hydrogens is 243 g/mol. The summed E-state index contributed by atoms with van der Waals surface area (Å²) >= 11 is 0. The number of rotatable bonds is 2. The van der Waals surface area contributed by atoms with Gasteiger partial charge in [-0.3, -0.25) is 4.79 Å². The van der Waals surface area contributed by atoms with E-state index in [-0.39, 0.29) is 11.2 Å². The number of carbonyl (C=O) groups excluding carboxylic acids is 1. The van der Waals surface area contributed by atoms with Gasteiger partial charge in [-0.1, -0.05) is 12.1 Å². The van der Waals surface area contributed by atoms with E-state index in [0.717, 1.165) is 51.0 Å². The molecule has 0 saturated carbocycles. The molecule has 2 saturated heterocycles.